The Kier molecular flexibility index (Phi) is 5.73. The number of hydrogen-bond acceptors (Lipinski definition) is 5. The van der Waals surface area contributed by atoms with Crippen LogP contribution in [0.4, 0.5) is 4.79 Å². The maximum Gasteiger partial charge on any atom is 0.407 e. The van der Waals surface area contributed by atoms with Crippen LogP contribution in [0.5, 0.6) is 0 Å². The van der Waals surface area contributed by atoms with Crippen molar-refractivity contribution in [1.82, 2.24) is 24.8 Å². The van der Waals surface area contributed by atoms with Gasteiger partial charge in [-0.3, -0.25) is 9.20 Å². The lowest BCUT2D eigenvalue weighted by atomic mass is 10.0. The van der Waals surface area contributed by atoms with E-state index in [9.17, 15) is 9.59 Å². The van der Waals surface area contributed by atoms with Crippen molar-refractivity contribution in [3.63, 3.8) is 0 Å². The third kappa shape index (κ3) is 4.21. The topological polar surface area (TPSA) is 88.8 Å². The van der Waals surface area contributed by atoms with Crippen molar-refractivity contribution in [3.8, 4) is 0 Å². The zero-order chi connectivity index (χ0) is 17.7. The number of nitrogens with one attached hydrogen (secondary N) is 1. The van der Waals surface area contributed by atoms with Crippen molar-refractivity contribution >= 4 is 17.6 Å². The van der Waals surface area contributed by atoms with Gasteiger partial charge in [0.2, 0.25) is 5.91 Å². The maximum absolute atomic E-state index is 12.7. The highest BCUT2D eigenvalue weighted by Gasteiger charge is 2.26. The third-order valence-electron chi connectivity index (χ3n) is 3.62. The van der Waals surface area contributed by atoms with Crippen LogP contribution in [0.3, 0.4) is 0 Å². The van der Waals surface area contributed by atoms with Crippen LogP contribution in [0.15, 0.2) is 24.4 Å². The molecular formula is C16H23N5O3. The van der Waals surface area contributed by atoms with Gasteiger partial charge >= 0.3 is 6.09 Å². The molecule has 0 aliphatic heterocycles. The van der Waals surface area contributed by atoms with E-state index in [0.717, 1.165) is 5.65 Å². The fraction of sp³-hybridized carbons (Fsp3) is 0.500. The van der Waals surface area contributed by atoms with Crippen molar-refractivity contribution in [1.29, 1.82) is 0 Å². The van der Waals surface area contributed by atoms with E-state index in [1.54, 1.807) is 7.05 Å². The number of carbonyl (C=O) groups excluding carboxylic acids is 2. The van der Waals surface area contributed by atoms with E-state index in [1.807, 2.05) is 42.6 Å². The van der Waals surface area contributed by atoms with Gasteiger partial charge in [-0.1, -0.05) is 19.9 Å². The van der Waals surface area contributed by atoms with E-state index in [2.05, 4.69) is 20.3 Å². The third-order valence-corrected chi connectivity index (χ3v) is 3.62. The molecule has 0 aliphatic rings. The summed E-state index contributed by atoms with van der Waals surface area (Å²) in [4.78, 5) is 25.7. The zero-order valence-corrected chi connectivity index (χ0v) is 14.4. The second-order valence-corrected chi connectivity index (χ2v) is 6.06. The number of alkyl carbamates (subject to hydrolysis) is 1. The van der Waals surface area contributed by atoms with Gasteiger partial charge in [0.1, 0.15) is 6.04 Å². The number of amides is 2. The lowest BCUT2D eigenvalue weighted by molar-refractivity contribution is -0.133. The van der Waals surface area contributed by atoms with Crippen LogP contribution < -0.4 is 5.32 Å². The first kappa shape index (κ1) is 17.7. The van der Waals surface area contributed by atoms with Gasteiger partial charge in [-0.15, -0.1) is 10.2 Å². The maximum atomic E-state index is 12.7. The molecule has 8 heteroatoms. The highest BCUT2D eigenvalue weighted by Crippen LogP contribution is 2.10. The Morgan fingerprint density at radius 2 is 2.08 bits per heavy atom. The van der Waals surface area contributed by atoms with Gasteiger partial charge in [-0.25, -0.2) is 4.79 Å². The molecule has 0 saturated carbocycles. The molecule has 0 spiro atoms. The van der Waals surface area contributed by atoms with Crippen molar-refractivity contribution in [2.24, 2.45) is 5.92 Å². The van der Waals surface area contributed by atoms with Crippen LogP contribution in [0, 0.1) is 5.92 Å². The molecule has 0 aliphatic carbocycles. The molecule has 2 aromatic heterocycles. The summed E-state index contributed by atoms with van der Waals surface area (Å²) in [5, 5.41) is 10.8. The molecular weight excluding hydrogens is 310 g/mol. The van der Waals surface area contributed by atoms with Crippen molar-refractivity contribution in [3.05, 3.63) is 30.2 Å². The monoisotopic (exact) mass is 333 g/mol. The summed E-state index contributed by atoms with van der Waals surface area (Å²) in [5.74, 6) is 0.711. The summed E-state index contributed by atoms with van der Waals surface area (Å²) >= 11 is 0. The van der Waals surface area contributed by atoms with Gasteiger partial charge in [0.15, 0.2) is 11.5 Å². The standard InChI is InChI=1S/C16H23N5O3/c1-11(2)9-12(17-16(23)24-4)15(22)20(3)10-14-19-18-13-7-5-6-8-21(13)14/h5-8,11-12H,9-10H2,1-4H3,(H,17,23). The minimum atomic E-state index is -0.637. The number of carbonyl (C=O) groups is 2. The zero-order valence-electron chi connectivity index (χ0n) is 14.4. The normalized spacial score (nSPS) is 12.2. The molecule has 1 N–H and O–H groups in total. The van der Waals surface area contributed by atoms with Crippen LogP contribution in [0.2, 0.25) is 0 Å². The average Bonchev–Trinajstić information content (AvgIpc) is 2.96. The Morgan fingerprint density at radius 1 is 1.33 bits per heavy atom. The fourth-order valence-corrected chi connectivity index (χ4v) is 2.45. The molecule has 0 aromatic carbocycles. The quantitative estimate of drug-likeness (QED) is 0.864. The summed E-state index contributed by atoms with van der Waals surface area (Å²) in [6, 6.07) is 4.96. The Morgan fingerprint density at radius 3 is 2.75 bits per heavy atom. The first-order chi connectivity index (χ1) is 11.4. The smallest absolute Gasteiger partial charge is 0.407 e. The molecule has 0 bridgehead atoms. The summed E-state index contributed by atoms with van der Waals surface area (Å²) < 4.78 is 6.44. The van der Waals surface area contributed by atoms with Crippen LogP contribution in [0.25, 0.3) is 5.65 Å². The lowest BCUT2D eigenvalue weighted by Gasteiger charge is -2.24. The minimum Gasteiger partial charge on any atom is -0.453 e. The molecule has 2 aromatic rings. The molecule has 2 amide bonds. The van der Waals surface area contributed by atoms with E-state index < -0.39 is 12.1 Å². The number of likely N-dealkylation sites (N-methyl/N-ethyl adjacent to an activating group) is 1. The SMILES string of the molecule is COC(=O)NC(CC(C)C)C(=O)N(C)Cc1nnc2ccccn12. The summed E-state index contributed by atoms with van der Waals surface area (Å²) in [6.07, 6.45) is 1.76. The van der Waals surface area contributed by atoms with Gasteiger partial charge in [0.05, 0.1) is 13.7 Å². The highest BCUT2D eigenvalue weighted by atomic mass is 16.5. The summed E-state index contributed by atoms with van der Waals surface area (Å²) in [6.45, 7) is 4.28. The van der Waals surface area contributed by atoms with Gasteiger partial charge in [0, 0.05) is 13.2 Å². The van der Waals surface area contributed by atoms with Crippen LogP contribution in [-0.2, 0) is 16.1 Å². The van der Waals surface area contributed by atoms with Crippen LogP contribution >= 0.6 is 0 Å². The van der Waals surface area contributed by atoms with Crippen molar-refractivity contribution in [2.75, 3.05) is 14.2 Å². The van der Waals surface area contributed by atoms with Gasteiger partial charge in [-0.05, 0) is 24.5 Å². The highest BCUT2D eigenvalue weighted by molar-refractivity contribution is 5.85. The molecule has 0 saturated heterocycles. The number of nitrogens with zero attached hydrogens (tertiary/aromatic N) is 4. The predicted molar refractivity (Wildman–Crippen MR) is 88.2 cm³/mol. The van der Waals surface area contributed by atoms with Crippen LogP contribution in [0.1, 0.15) is 26.1 Å². The number of aromatic nitrogens is 3. The second-order valence-electron chi connectivity index (χ2n) is 6.06. The Bertz CT molecular complexity index is 713. The Hall–Kier alpha value is -2.64. The van der Waals surface area contributed by atoms with Crippen molar-refractivity contribution in [2.45, 2.75) is 32.9 Å². The Labute approximate surface area is 140 Å². The van der Waals surface area contributed by atoms with E-state index in [0.29, 0.717) is 18.8 Å². The largest absolute Gasteiger partial charge is 0.453 e. The van der Waals surface area contributed by atoms with E-state index in [4.69, 9.17) is 0 Å². The van der Waals surface area contributed by atoms with Gasteiger partial charge in [0.25, 0.3) is 0 Å². The minimum absolute atomic E-state index is 0.193. The first-order valence-electron chi connectivity index (χ1n) is 7.80. The molecule has 2 rings (SSSR count). The number of rotatable bonds is 6. The molecule has 0 fully saturated rings. The molecule has 8 nitrogen and oxygen atoms in total. The molecule has 24 heavy (non-hydrogen) atoms. The number of hydrogen-bond donors (Lipinski definition) is 1. The van der Waals surface area contributed by atoms with E-state index in [1.165, 1.54) is 12.0 Å². The number of methoxy groups -OCH3 is 1. The molecule has 2 heterocycles. The second kappa shape index (κ2) is 7.76. The summed E-state index contributed by atoms with van der Waals surface area (Å²) in [5.41, 5.74) is 0.722. The van der Waals surface area contributed by atoms with Gasteiger partial charge in [-0.2, -0.15) is 0 Å². The number of pyridine rings is 1. The van der Waals surface area contributed by atoms with E-state index >= 15 is 0 Å². The number of ether oxygens (including phenoxy) is 1. The molecule has 1 unspecified atom stereocenters. The summed E-state index contributed by atoms with van der Waals surface area (Å²) in [7, 11) is 2.96. The first-order valence-corrected chi connectivity index (χ1v) is 7.80. The Balaban J connectivity index is 2.11. The molecule has 130 valence electrons. The number of fused-ring (bicyclic) bond motifs is 1. The molecule has 1 atom stereocenters. The lowest BCUT2D eigenvalue weighted by Crippen LogP contribution is -2.47. The predicted octanol–water partition coefficient (Wildman–Crippen LogP) is 1.46. The fourth-order valence-electron chi connectivity index (χ4n) is 2.45. The van der Waals surface area contributed by atoms with Crippen LogP contribution in [-0.4, -0.2) is 51.7 Å². The van der Waals surface area contributed by atoms with E-state index in [-0.39, 0.29) is 11.8 Å². The molecule has 0 radical (unpaired) electrons. The van der Waals surface area contributed by atoms with Gasteiger partial charge < -0.3 is 15.0 Å². The van der Waals surface area contributed by atoms with Crippen molar-refractivity contribution < 1.29 is 14.3 Å². The average molecular weight is 333 g/mol.